The van der Waals surface area contributed by atoms with Gasteiger partial charge in [-0.15, -0.1) is 5.10 Å². The minimum absolute atomic E-state index is 0.0219. The van der Waals surface area contributed by atoms with E-state index in [-0.39, 0.29) is 25.6 Å². The first-order valence-corrected chi connectivity index (χ1v) is 12.3. The number of carbonyl (C=O) groups is 1. The highest BCUT2D eigenvalue weighted by Crippen LogP contribution is 2.46. The Labute approximate surface area is 201 Å². The van der Waals surface area contributed by atoms with Crippen molar-refractivity contribution in [2.45, 2.75) is 37.8 Å². The lowest BCUT2D eigenvalue weighted by Gasteiger charge is -2.22. The quantitative estimate of drug-likeness (QED) is 0.278. The highest BCUT2D eigenvalue weighted by atomic mass is 31.2. The van der Waals surface area contributed by atoms with Crippen LogP contribution in [0.2, 0.25) is 0 Å². The monoisotopic (exact) mass is 503 g/mol. The first-order valence-electron chi connectivity index (χ1n) is 10.8. The molecule has 1 saturated heterocycles. The van der Waals surface area contributed by atoms with Gasteiger partial charge in [0.15, 0.2) is 6.23 Å². The summed E-state index contributed by atoms with van der Waals surface area (Å²) in [6, 6.07) is 18.3. The van der Waals surface area contributed by atoms with Crippen LogP contribution in [0.4, 0.5) is 0 Å². The van der Waals surface area contributed by atoms with E-state index >= 15 is 0 Å². The van der Waals surface area contributed by atoms with Crippen molar-refractivity contribution in [1.82, 2.24) is 19.9 Å². The number of aromatic nitrogens is 3. The molecule has 2 aromatic carbocycles. The fourth-order valence-corrected chi connectivity index (χ4v) is 4.72. The molecular weight excluding hydrogens is 477 g/mol. The van der Waals surface area contributed by atoms with Gasteiger partial charge in [-0.05, 0) is 11.1 Å². The number of hydrogen-bond donors (Lipinski definition) is 4. The SMILES string of the molecule is NC(=O)c1ncn(C2OC(CNP(=O)(OCc3ccccc3)OCc3ccccc3)[C@@H](O)[C@H]2O)n1. The molecule has 13 heteroatoms. The second kappa shape index (κ2) is 11.2. The van der Waals surface area contributed by atoms with Gasteiger partial charge in [-0.25, -0.2) is 19.3 Å². The zero-order valence-electron chi connectivity index (χ0n) is 18.6. The Kier molecular flexibility index (Phi) is 8.04. The van der Waals surface area contributed by atoms with E-state index in [1.807, 2.05) is 60.7 Å². The lowest BCUT2D eigenvalue weighted by Crippen LogP contribution is -2.37. The van der Waals surface area contributed by atoms with Crippen molar-refractivity contribution in [2.24, 2.45) is 5.73 Å². The van der Waals surface area contributed by atoms with E-state index in [0.717, 1.165) is 22.1 Å². The van der Waals surface area contributed by atoms with Crippen LogP contribution in [0, 0.1) is 0 Å². The van der Waals surface area contributed by atoms with E-state index in [9.17, 15) is 19.6 Å². The zero-order valence-corrected chi connectivity index (χ0v) is 19.5. The predicted molar refractivity (Wildman–Crippen MR) is 123 cm³/mol. The summed E-state index contributed by atoms with van der Waals surface area (Å²) in [5.41, 5.74) is 6.74. The normalized spacial score (nSPS) is 22.3. The molecule has 1 aromatic heterocycles. The van der Waals surface area contributed by atoms with E-state index < -0.39 is 38.2 Å². The summed E-state index contributed by atoms with van der Waals surface area (Å²) in [6.45, 7) is -0.130. The second-order valence-electron chi connectivity index (χ2n) is 7.84. The fourth-order valence-electron chi connectivity index (χ4n) is 3.42. The number of ether oxygens (including phenoxy) is 1. The highest BCUT2D eigenvalue weighted by Gasteiger charge is 2.45. The summed E-state index contributed by atoms with van der Waals surface area (Å²) in [6.07, 6.45) is -3.71. The Morgan fingerprint density at radius 1 is 1.03 bits per heavy atom. The number of primary amides is 1. The summed E-state index contributed by atoms with van der Waals surface area (Å²) in [5, 5.41) is 27.5. The van der Waals surface area contributed by atoms with Gasteiger partial charge >= 0.3 is 7.75 Å². The zero-order chi connectivity index (χ0) is 24.8. The van der Waals surface area contributed by atoms with Crippen LogP contribution < -0.4 is 10.8 Å². The van der Waals surface area contributed by atoms with Gasteiger partial charge in [0.05, 0.1) is 13.2 Å². The van der Waals surface area contributed by atoms with Crippen LogP contribution >= 0.6 is 7.75 Å². The van der Waals surface area contributed by atoms with Gasteiger partial charge in [0, 0.05) is 6.54 Å². The van der Waals surface area contributed by atoms with Gasteiger partial charge in [0.1, 0.15) is 24.6 Å². The molecule has 1 fully saturated rings. The lowest BCUT2D eigenvalue weighted by molar-refractivity contribution is -0.0432. The minimum Gasteiger partial charge on any atom is -0.387 e. The summed E-state index contributed by atoms with van der Waals surface area (Å²) in [4.78, 5) is 15.0. The average molecular weight is 503 g/mol. The van der Waals surface area contributed by atoms with Gasteiger partial charge in [0.2, 0.25) is 5.82 Å². The Bertz CT molecular complexity index is 1120. The first-order chi connectivity index (χ1) is 16.8. The Morgan fingerprint density at radius 2 is 1.60 bits per heavy atom. The van der Waals surface area contributed by atoms with Crippen molar-refractivity contribution in [3.63, 3.8) is 0 Å². The highest BCUT2D eigenvalue weighted by molar-refractivity contribution is 7.51. The molecule has 2 heterocycles. The average Bonchev–Trinajstić information content (AvgIpc) is 3.47. The number of amides is 1. The number of nitrogens with one attached hydrogen (secondary N) is 1. The van der Waals surface area contributed by atoms with Crippen molar-refractivity contribution in [2.75, 3.05) is 6.54 Å². The molecule has 0 aliphatic carbocycles. The molecule has 2 unspecified atom stereocenters. The van der Waals surface area contributed by atoms with Gasteiger partial charge < -0.3 is 20.7 Å². The molecule has 0 bridgehead atoms. The molecule has 12 nitrogen and oxygen atoms in total. The standard InChI is InChI=1S/C22H26N5O7P/c23-20(30)21-24-14-27(26-21)22-19(29)18(28)17(34-22)11-25-35(31,32-12-15-7-3-1-4-8-15)33-13-16-9-5-2-6-10-16/h1-10,14,17-19,22,28-29H,11-13H2,(H2,23,30)(H,25,31)/t17?,18-,19-,22?/m1/s1. The van der Waals surface area contributed by atoms with Crippen LogP contribution in [0.1, 0.15) is 28.0 Å². The largest absolute Gasteiger partial charge is 0.406 e. The minimum atomic E-state index is -3.87. The first kappa shape index (κ1) is 25.1. The third-order valence-corrected chi connectivity index (χ3v) is 6.81. The summed E-state index contributed by atoms with van der Waals surface area (Å²) < 4.78 is 31.6. The predicted octanol–water partition coefficient (Wildman–Crippen LogP) is 1.13. The van der Waals surface area contributed by atoms with Crippen molar-refractivity contribution in [3.8, 4) is 0 Å². The summed E-state index contributed by atoms with van der Waals surface area (Å²) in [7, 11) is -3.87. The van der Waals surface area contributed by atoms with Crippen LogP contribution in [0.3, 0.4) is 0 Å². The third kappa shape index (κ3) is 6.38. The Hall–Kier alpha value is -2.96. The number of nitrogens with zero attached hydrogens (tertiary/aromatic N) is 3. The summed E-state index contributed by atoms with van der Waals surface area (Å²) in [5.74, 6) is -1.10. The van der Waals surface area contributed by atoms with Crippen molar-refractivity contribution < 1.29 is 33.4 Å². The number of aliphatic hydroxyl groups excluding tert-OH is 2. The maximum absolute atomic E-state index is 13.5. The number of rotatable bonds is 11. The van der Waals surface area contributed by atoms with E-state index in [2.05, 4.69) is 15.2 Å². The second-order valence-corrected chi connectivity index (χ2v) is 9.66. The van der Waals surface area contributed by atoms with Gasteiger partial charge in [-0.1, -0.05) is 60.7 Å². The molecule has 186 valence electrons. The van der Waals surface area contributed by atoms with Gasteiger partial charge in [-0.3, -0.25) is 13.8 Å². The molecule has 1 amide bonds. The lowest BCUT2D eigenvalue weighted by atomic mass is 10.1. The molecule has 1 aliphatic heterocycles. The number of nitrogens with two attached hydrogens (primary N) is 1. The van der Waals surface area contributed by atoms with E-state index in [1.54, 1.807) is 0 Å². The van der Waals surface area contributed by atoms with Crippen molar-refractivity contribution >= 4 is 13.7 Å². The topological polar surface area (TPSA) is 171 Å². The van der Waals surface area contributed by atoms with Gasteiger partial charge in [-0.2, -0.15) is 0 Å². The third-order valence-electron chi connectivity index (χ3n) is 5.30. The molecule has 3 aromatic rings. The van der Waals surface area contributed by atoms with Crippen LogP contribution in [0.25, 0.3) is 0 Å². The van der Waals surface area contributed by atoms with E-state index in [1.165, 1.54) is 0 Å². The van der Waals surface area contributed by atoms with Crippen LogP contribution in [0.5, 0.6) is 0 Å². The molecule has 35 heavy (non-hydrogen) atoms. The van der Waals surface area contributed by atoms with Crippen LogP contribution in [-0.4, -0.2) is 55.7 Å². The number of aliphatic hydroxyl groups is 2. The molecule has 1 aliphatic rings. The van der Waals surface area contributed by atoms with E-state index in [0.29, 0.717) is 0 Å². The van der Waals surface area contributed by atoms with Crippen LogP contribution in [0.15, 0.2) is 67.0 Å². The molecule has 4 rings (SSSR count). The van der Waals surface area contributed by atoms with Crippen molar-refractivity contribution in [1.29, 1.82) is 0 Å². The van der Waals surface area contributed by atoms with Crippen LogP contribution in [-0.2, 0) is 31.6 Å². The number of carbonyl (C=O) groups excluding carboxylic acids is 1. The smallest absolute Gasteiger partial charge is 0.387 e. The Morgan fingerprint density at radius 3 is 2.11 bits per heavy atom. The maximum Gasteiger partial charge on any atom is 0.406 e. The van der Waals surface area contributed by atoms with Crippen molar-refractivity contribution in [3.05, 3.63) is 83.9 Å². The molecule has 5 N–H and O–H groups in total. The fraction of sp³-hybridized carbons (Fsp3) is 0.318. The summed E-state index contributed by atoms with van der Waals surface area (Å²) >= 11 is 0. The van der Waals surface area contributed by atoms with E-state index in [4.69, 9.17) is 19.5 Å². The maximum atomic E-state index is 13.5. The number of hydrogen-bond acceptors (Lipinski definition) is 9. The molecule has 0 spiro atoms. The molecular formula is C22H26N5O7P. The molecule has 0 saturated carbocycles. The van der Waals surface area contributed by atoms with Gasteiger partial charge in [0.25, 0.3) is 5.91 Å². The molecule has 4 atom stereocenters. The number of benzene rings is 2. The molecule has 0 radical (unpaired) electrons. The Balaban J connectivity index is 1.42.